The molecule has 0 unspecified atom stereocenters. The van der Waals surface area contributed by atoms with E-state index in [0.29, 0.717) is 5.82 Å². The Kier molecular flexibility index (Phi) is 3.73. The van der Waals surface area contributed by atoms with Gasteiger partial charge in [0.1, 0.15) is 17.0 Å². The fourth-order valence-electron chi connectivity index (χ4n) is 2.37. The van der Waals surface area contributed by atoms with Crippen LogP contribution in [-0.4, -0.2) is 24.6 Å². The monoisotopic (exact) mass is 384 g/mol. The number of thiophene rings is 1. The van der Waals surface area contributed by atoms with Gasteiger partial charge in [0, 0.05) is 6.20 Å². The van der Waals surface area contributed by atoms with Crippen LogP contribution in [0.4, 0.5) is 19.0 Å². The third-order valence-electron chi connectivity index (χ3n) is 3.53. The molecule has 0 amide bonds. The van der Waals surface area contributed by atoms with Crippen molar-refractivity contribution in [3.63, 3.8) is 0 Å². The summed E-state index contributed by atoms with van der Waals surface area (Å²) in [4.78, 5) is 9.10. The van der Waals surface area contributed by atoms with Gasteiger partial charge in [-0.05, 0) is 17.5 Å². The zero-order valence-electron chi connectivity index (χ0n) is 12.3. The smallest absolute Gasteiger partial charge is 0.362 e. The maximum Gasteiger partial charge on any atom is 0.417 e. The van der Waals surface area contributed by atoms with Crippen molar-refractivity contribution >= 4 is 44.6 Å². The van der Waals surface area contributed by atoms with Gasteiger partial charge >= 0.3 is 6.18 Å². The number of rotatable bonds is 3. The molecule has 0 aliphatic rings. The molecule has 25 heavy (non-hydrogen) atoms. The standard InChI is InChI=1S/C14H8ClF3N6S/c15-9-3-7(14(16,17)18)5-24-10(22-23-12(9)24)4-19-11-8-1-2-25-13(8)21-6-20-11/h1-3,5-6H,4H2,(H,19,20,21). The molecule has 6 nitrogen and oxygen atoms in total. The predicted octanol–water partition coefficient (Wildman–Crippen LogP) is 4.02. The number of nitrogens with zero attached hydrogens (tertiary/aromatic N) is 5. The van der Waals surface area contributed by atoms with Crippen LogP contribution in [0.2, 0.25) is 5.02 Å². The quantitative estimate of drug-likeness (QED) is 0.578. The Balaban J connectivity index is 1.70. The van der Waals surface area contributed by atoms with Gasteiger partial charge in [-0.3, -0.25) is 4.40 Å². The summed E-state index contributed by atoms with van der Waals surface area (Å²) in [6.45, 7) is 0.126. The maximum atomic E-state index is 13.0. The molecule has 0 atom stereocenters. The average Bonchev–Trinajstić information content (AvgIpc) is 3.19. The predicted molar refractivity (Wildman–Crippen MR) is 87.7 cm³/mol. The van der Waals surface area contributed by atoms with Crippen molar-refractivity contribution in [1.82, 2.24) is 24.6 Å². The number of fused-ring (bicyclic) bond motifs is 2. The summed E-state index contributed by atoms with van der Waals surface area (Å²) in [6.07, 6.45) is -2.16. The molecule has 128 valence electrons. The highest BCUT2D eigenvalue weighted by molar-refractivity contribution is 7.16. The molecule has 0 aromatic carbocycles. The summed E-state index contributed by atoms with van der Waals surface area (Å²) in [7, 11) is 0. The Morgan fingerprint density at radius 2 is 2.08 bits per heavy atom. The van der Waals surface area contributed by atoms with Gasteiger partial charge in [0.2, 0.25) is 0 Å². The number of hydrogen-bond acceptors (Lipinski definition) is 6. The van der Waals surface area contributed by atoms with E-state index in [1.54, 1.807) is 0 Å². The van der Waals surface area contributed by atoms with E-state index in [1.807, 2.05) is 11.4 Å². The van der Waals surface area contributed by atoms with E-state index in [0.717, 1.165) is 22.5 Å². The van der Waals surface area contributed by atoms with Gasteiger partial charge in [-0.2, -0.15) is 13.2 Å². The zero-order chi connectivity index (χ0) is 17.6. The number of hydrogen-bond donors (Lipinski definition) is 1. The van der Waals surface area contributed by atoms with E-state index in [-0.39, 0.29) is 23.0 Å². The molecule has 4 aromatic rings. The lowest BCUT2D eigenvalue weighted by Gasteiger charge is -2.09. The van der Waals surface area contributed by atoms with Crippen LogP contribution in [0, 0.1) is 0 Å². The Hall–Kier alpha value is -2.46. The number of halogens is 4. The van der Waals surface area contributed by atoms with Gasteiger partial charge in [-0.15, -0.1) is 21.5 Å². The van der Waals surface area contributed by atoms with Crippen molar-refractivity contribution in [2.24, 2.45) is 0 Å². The lowest BCUT2D eigenvalue weighted by molar-refractivity contribution is -0.137. The topological polar surface area (TPSA) is 68.0 Å². The zero-order valence-corrected chi connectivity index (χ0v) is 13.8. The Morgan fingerprint density at radius 1 is 1.24 bits per heavy atom. The minimum absolute atomic E-state index is 0.115. The second-order valence-corrected chi connectivity index (χ2v) is 6.40. The number of nitrogens with one attached hydrogen (secondary N) is 1. The minimum atomic E-state index is -4.51. The van der Waals surface area contributed by atoms with Crippen LogP contribution in [0.3, 0.4) is 0 Å². The molecule has 1 N–H and O–H groups in total. The van der Waals surface area contributed by atoms with Crippen molar-refractivity contribution in [3.8, 4) is 0 Å². The van der Waals surface area contributed by atoms with Gasteiger partial charge in [0.15, 0.2) is 11.5 Å². The van der Waals surface area contributed by atoms with Crippen LogP contribution in [0.1, 0.15) is 11.4 Å². The molecule has 0 saturated carbocycles. The molecular formula is C14H8ClF3N6S. The fourth-order valence-corrected chi connectivity index (χ4v) is 3.35. The second kappa shape index (κ2) is 5.81. The first kappa shape index (κ1) is 16.0. The highest BCUT2D eigenvalue weighted by atomic mass is 35.5. The Labute approximate surface area is 147 Å². The van der Waals surface area contributed by atoms with E-state index in [4.69, 9.17) is 11.6 Å². The average molecular weight is 385 g/mol. The molecule has 0 bridgehead atoms. The Morgan fingerprint density at radius 3 is 2.88 bits per heavy atom. The molecule has 0 saturated heterocycles. The normalized spacial score (nSPS) is 12.2. The third-order valence-corrected chi connectivity index (χ3v) is 4.63. The van der Waals surface area contributed by atoms with Crippen molar-refractivity contribution < 1.29 is 13.2 Å². The van der Waals surface area contributed by atoms with E-state index < -0.39 is 11.7 Å². The first-order chi connectivity index (χ1) is 11.9. The maximum absolute atomic E-state index is 13.0. The Bertz CT molecular complexity index is 1070. The molecule has 11 heteroatoms. The highest BCUT2D eigenvalue weighted by Gasteiger charge is 2.32. The van der Waals surface area contributed by atoms with Crippen molar-refractivity contribution in [2.45, 2.75) is 12.7 Å². The second-order valence-electron chi connectivity index (χ2n) is 5.10. The summed E-state index contributed by atoms with van der Waals surface area (Å²) < 4.78 is 40.2. The van der Waals surface area contributed by atoms with E-state index in [1.165, 1.54) is 22.1 Å². The summed E-state index contributed by atoms with van der Waals surface area (Å²) in [5, 5.41) is 13.4. The molecule has 4 aromatic heterocycles. The molecule has 0 radical (unpaired) electrons. The van der Waals surface area contributed by atoms with Crippen LogP contribution in [0.25, 0.3) is 15.9 Å². The summed E-state index contributed by atoms with van der Waals surface area (Å²) in [5.74, 6) is 0.853. The van der Waals surface area contributed by atoms with Crippen LogP contribution >= 0.6 is 22.9 Å². The number of anilines is 1. The molecule has 0 fully saturated rings. The first-order valence-electron chi connectivity index (χ1n) is 6.96. The molecular weight excluding hydrogens is 377 g/mol. The molecule has 0 spiro atoms. The van der Waals surface area contributed by atoms with Gasteiger partial charge in [0.05, 0.1) is 22.5 Å². The summed E-state index contributed by atoms with van der Waals surface area (Å²) >= 11 is 7.37. The van der Waals surface area contributed by atoms with Crippen LogP contribution in [0.5, 0.6) is 0 Å². The van der Waals surface area contributed by atoms with Gasteiger partial charge in [0.25, 0.3) is 0 Å². The van der Waals surface area contributed by atoms with Crippen LogP contribution < -0.4 is 5.32 Å². The van der Waals surface area contributed by atoms with Crippen molar-refractivity contribution in [2.75, 3.05) is 5.32 Å². The SMILES string of the molecule is FC(F)(F)c1cc(Cl)c2nnc(CNc3ncnc4sccc34)n2c1. The summed E-state index contributed by atoms with van der Waals surface area (Å²) in [6, 6.07) is 2.70. The number of alkyl halides is 3. The van der Waals surface area contributed by atoms with E-state index >= 15 is 0 Å². The molecule has 4 heterocycles. The van der Waals surface area contributed by atoms with Crippen LogP contribution in [-0.2, 0) is 12.7 Å². The van der Waals surface area contributed by atoms with Crippen LogP contribution in [0.15, 0.2) is 30.0 Å². The lowest BCUT2D eigenvalue weighted by atomic mass is 10.2. The largest absolute Gasteiger partial charge is 0.417 e. The number of aromatic nitrogens is 5. The van der Waals surface area contributed by atoms with Gasteiger partial charge < -0.3 is 5.32 Å². The third kappa shape index (κ3) is 2.87. The van der Waals surface area contributed by atoms with Crippen molar-refractivity contribution in [3.05, 3.63) is 46.4 Å². The van der Waals surface area contributed by atoms with Crippen molar-refractivity contribution in [1.29, 1.82) is 0 Å². The van der Waals surface area contributed by atoms with Gasteiger partial charge in [-0.1, -0.05) is 11.6 Å². The molecule has 4 rings (SSSR count). The van der Waals surface area contributed by atoms with E-state index in [2.05, 4.69) is 25.5 Å². The fraction of sp³-hybridized carbons (Fsp3) is 0.143. The molecule has 0 aliphatic carbocycles. The molecule has 0 aliphatic heterocycles. The highest BCUT2D eigenvalue weighted by Crippen LogP contribution is 2.32. The first-order valence-corrected chi connectivity index (χ1v) is 8.21. The lowest BCUT2D eigenvalue weighted by Crippen LogP contribution is -2.09. The number of pyridine rings is 1. The van der Waals surface area contributed by atoms with E-state index in [9.17, 15) is 13.2 Å². The van der Waals surface area contributed by atoms with Gasteiger partial charge in [-0.25, -0.2) is 9.97 Å². The summed E-state index contributed by atoms with van der Waals surface area (Å²) in [5.41, 5.74) is -0.705. The minimum Gasteiger partial charge on any atom is -0.362 e.